The van der Waals surface area contributed by atoms with Crippen LogP contribution in [0.15, 0.2) is 60.7 Å². The Morgan fingerprint density at radius 2 is 1.15 bits per heavy atom. The van der Waals surface area contributed by atoms with E-state index in [0.29, 0.717) is 5.75 Å². The summed E-state index contributed by atoms with van der Waals surface area (Å²) in [7, 11) is -5.55. The molecule has 0 saturated carbocycles. The lowest BCUT2D eigenvalue weighted by molar-refractivity contribution is 0.409. The maximum Gasteiger partial charge on any atom is 0.747 e. The molecule has 0 radical (unpaired) electrons. The Kier molecular flexibility index (Phi) is 7.59. The summed E-state index contributed by atoms with van der Waals surface area (Å²) >= 11 is 0. The van der Waals surface area contributed by atoms with Crippen molar-refractivity contribution in [3.8, 4) is 33.8 Å². The van der Waals surface area contributed by atoms with E-state index in [9.17, 15) is 14.0 Å². The fraction of sp³-hybridized carbons (Fsp3) is 0.308. The third kappa shape index (κ3) is 6.28. The molecule has 8 heteroatoms. The third-order valence-electron chi connectivity index (χ3n) is 5.51. The summed E-state index contributed by atoms with van der Waals surface area (Å²) in [6.45, 7) is 13.0. The van der Waals surface area contributed by atoms with Crippen LogP contribution in [0.5, 0.6) is 11.5 Å². The topological polar surface area (TPSA) is 93.1 Å². The van der Waals surface area contributed by atoms with Gasteiger partial charge in [0.05, 0.1) is 0 Å². The first-order chi connectivity index (χ1) is 15.8. The third-order valence-corrected chi connectivity index (χ3v) is 6.24. The minimum absolute atomic E-state index is 0.0227. The predicted octanol–water partition coefficient (Wildman–Crippen LogP) is 7.67. The van der Waals surface area contributed by atoms with Gasteiger partial charge in [0.15, 0.2) is 11.5 Å². The molecule has 34 heavy (non-hydrogen) atoms. The van der Waals surface area contributed by atoms with Gasteiger partial charge in [-0.2, -0.15) is 0 Å². The molecule has 6 nitrogen and oxygen atoms in total. The SMILES string of the molecule is CC(C)(C)c1ccc(-c2cc(O[P+](=O)O)ccc2-c2ccc(O[P+](=O)O)cc2)c(C(C)(C)C)c1. The van der Waals surface area contributed by atoms with Crippen molar-refractivity contribution in [1.82, 2.24) is 0 Å². The van der Waals surface area contributed by atoms with Gasteiger partial charge < -0.3 is 0 Å². The smallest absolute Gasteiger partial charge is 0.229 e. The Morgan fingerprint density at radius 3 is 1.68 bits per heavy atom. The lowest BCUT2D eigenvalue weighted by Crippen LogP contribution is -2.17. The van der Waals surface area contributed by atoms with Crippen molar-refractivity contribution in [3.63, 3.8) is 0 Å². The van der Waals surface area contributed by atoms with Gasteiger partial charge in [-0.1, -0.05) is 71.9 Å². The summed E-state index contributed by atoms with van der Waals surface area (Å²) in [5, 5.41) is 0. The Bertz CT molecular complexity index is 1220. The molecule has 0 aromatic heterocycles. The molecule has 3 aromatic rings. The van der Waals surface area contributed by atoms with Crippen LogP contribution in [0.4, 0.5) is 0 Å². The second kappa shape index (κ2) is 9.93. The summed E-state index contributed by atoms with van der Waals surface area (Å²) in [6, 6.07) is 18.6. The number of hydrogen-bond donors (Lipinski definition) is 2. The van der Waals surface area contributed by atoms with Crippen molar-refractivity contribution in [2.24, 2.45) is 0 Å². The van der Waals surface area contributed by atoms with Crippen LogP contribution in [0, 0.1) is 0 Å². The van der Waals surface area contributed by atoms with Crippen LogP contribution < -0.4 is 9.05 Å². The molecule has 0 heterocycles. The number of hydrogen-bond acceptors (Lipinski definition) is 4. The largest absolute Gasteiger partial charge is 0.747 e. The molecule has 2 atom stereocenters. The van der Waals surface area contributed by atoms with E-state index in [2.05, 4.69) is 59.7 Å². The molecule has 178 valence electrons. The Hall–Kier alpha value is -2.62. The first kappa shape index (κ1) is 26.0. The quantitative estimate of drug-likeness (QED) is 0.337. The lowest BCUT2D eigenvalue weighted by atomic mass is 9.76. The summed E-state index contributed by atoms with van der Waals surface area (Å²) in [4.78, 5) is 18.3. The van der Waals surface area contributed by atoms with Crippen molar-refractivity contribution in [2.45, 2.75) is 52.4 Å². The van der Waals surface area contributed by atoms with Crippen molar-refractivity contribution < 1.29 is 28.0 Å². The minimum atomic E-state index is -2.80. The summed E-state index contributed by atoms with van der Waals surface area (Å²) in [5.74, 6) is 0.579. The molecule has 0 aliphatic heterocycles. The van der Waals surface area contributed by atoms with E-state index in [1.807, 2.05) is 6.07 Å². The van der Waals surface area contributed by atoms with E-state index in [0.717, 1.165) is 27.8 Å². The maximum absolute atomic E-state index is 11.3. The summed E-state index contributed by atoms with van der Waals surface area (Å²) < 4.78 is 32.3. The number of benzene rings is 3. The minimum Gasteiger partial charge on any atom is -0.229 e. The van der Waals surface area contributed by atoms with Gasteiger partial charge in [-0.25, -0.2) is 9.05 Å². The fourth-order valence-electron chi connectivity index (χ4n) is 3.80. The van der Waals surface area contributed by atoms with Crippen molar-refractivity contribution >= 4 is 16.5 Å². The first-order valence-corrected chi connectivity index (χ1v) is 13.1. The molecule has 0 fully saturated rings. The van der Waals surface area contributed by atoms with Crippen LogP contribution >= 0.6 is 16.5 Å². The molecular weight excluding hydrogens is 470 g/mol. The fourth-order valence-corrected chi connectivity index (χ4v) is 4.39. The van der Waals surface area contributed by atoms with Gasteiger partial charge >= 0.3 is 16.5 Å². The normalized spacial score (nSPS) is 12.8. The van der Waals surface area contributed by atoms with E-state index in [4.69, 9.17) is 13.9 Å². The van der Waals surface area contributed by atoms with Crippen molar-refractivity contribution in [2.75, 3.05) is 0 Å². The zero-order valence-corrected chi connectivity index (χ0v) is 22.0. The van der Waals surface area contributed by atoms with Crippen molar-refractivity contribution in [1.29, 1.82) is 0 Å². The summed E-state index contributed by atoms with van der Waals surface area (Å²) in [5.41, 5.74) is 5.75. The monoisotopic (exact) mass is 500 g/mol. The van der Waals surface area contributed by atoms with E-state index in [-0.39, 0.29) is 16.6 Å². The van der Waals surface area contributed by atoms with Crippen LogP contribution in [-0.4, -0.2) is 9.79 Å². The molecule has 3 aromatic carbocycles. The molecule has 0 spiro atoms. The molecular formula is C26H30O6P2+2. The predicted molar refractivity (Wildman–Crippen MR) is 136 cm³/mol. The lowest BCUT2D eigenvalue weighted by Gasteiger charge is -2.28. The molecule has 0 saturated heterocycles. The van der Waals surface area contributed by atoms with Gasteiger partial charge in [-0.15, -0.1) is 9.79 Å². The van der Waals surface area contributed by atoms with Crippen LogP contribution in [0.3, 0.4) is 0 Å². The molecule has 0 aliphatic carbocycles. The second-order valence-corrected chi connectivity index (χ2v) is 11.5. The Morgan fingerprint density at radius 1 is 0.618 bits per heavy atom. The zero-order valence-electron chi connectivity index (χ0n) is 20.2. The number of rotatable bonds is 6. The molecule has 2 unspecified atom stereocenters. The van der Waals surface area contributed by atoms with Gasteiger partial charge in [-0.05, 0) is 74.5 Å². The van der Waals surface area contributed by atoms with Gasteiger partial charge in [0.2, 0.25) is 0 Å². The highest BCUT2D eigenvalue weighted by atomic mass is 31.1. The first-order valence-electron chi connectivity index (χ1n) is 10.8. The second-order valence-electron chi connectivity index (χ2n) is 10.2. The van der Waals surface area contributed by atoms with E-state index >= 15 is 0 Å². The van der Waals surface area contributed by atoms with E-state index in [1.54, 1.807) is 36.4 Å². The molecule has 0 bridgehead atoms. The average molecular weight is 500 g/mol. The standard InChI is InChI=1S/C26H28O6P2/c1-25(2,3)18-9-13-22(24(15-18)26(4,5)6)23-16-20(32-34(29)30)12-14-21(23)17-7-10-19(11-8-17)31-33(27)28/h7-16H,1-6H3/p+2. The maximum atomic E-state index is 11.3. The molecule has 3 rings (SSSR count). The van der Waals surface area contributed by atoms with Crippen LogP contribution in [0.2, 0.25) is 0 Å². The van der Waals surface area contributed by atoms with Gasteiger partial charge in [0.1, 0.15) is 0 Å². The molecule has 2 N–H and O–H groups in total. The average Bonchev–Trinajstić information content (AvgIpc) is 2.72. The highest BCUT2D eigenvalue weighted by Crippen LogP contribution is 2.43. The van der Waals surface area contributed by atoms with E-state index < -0.39 is 16.5 Å². The van der Waals surface area contributed by atoms with Crippen LogP contribution in [0.1, 0.15) is 52.7 Å². The molecule has 0 aliphatic rings. The van der Waals surface area contributed by atoms with Gasteiger partial charge in [-0.3, -0.25) is 0 Å². The van der Waals surface area contributed by atoms with Gasteiger partial charge in [0, 0.05) is 9.13 Å². The Balaban J connectivity index is 2.25. The highest BCUT2D eigenvalue weighted by molar-refractivity contribution is 7.32. The van der Waals surface area contributed by atoms with Gasteiger partial charge in [0.25, 0.3) is 0 Å². The highest BCUT2D eigenvalue weighted by Gasteiger charge is 2.25. The van der Waals surface area contributed by atoms with Crippen molar-refractivity contribution in [3.05, 3.63) is 71.8 Å². The van der Waals surface area contributed by atoms with Crippen LogP contribution in [-0.2, 0) is 20.0 Å². The molecule has 0 amide bonds. The van der Waals surface area contributed by atoms with Crippen LogP contribution in [0.25, 0.3) is 22.3 Å². The Labute approximate surface area is 202 Å². The summed E-state index contributed by atoms with van der Waals surface area (Å²) in [6.07, 6.45) is 0. The van der Waals surface area contributed by atoms with E-state index in [1.165, 1.54) is 5.56 Å². The zero-order chi connectivity index (χ0) is 25.3.